The smallest absolute Gasteiger partial charge is 0.227 e. The third-order valence-electron chi connectivity index (χ3n) is 6.88. The Labute approximate surface area is 183 Å². The molecule has 2 aliphatic heterocycles. The molecule has 162 valence electrons. The summed E-state index contributed by atoms with van der Waals surface area (Å²) in [6.07, 6.45) is 4.52. The summed E-state index contributed by atoms with van der Waals surface area (Å²) >= 11 is -1.07. The lowest BCUT2D eigenvalue weighted by Gasteiger charge is -2.32. The minimum atomic E-state index is -1.07. The number of anilines is 2. The average molecular weight is 439 g/mol. The Kier molecular flexibility index (Phi) is 4.59. The summed E-state index contributed by atoms with van der Waals surface area (Å²) in [5, 5.41) is 22.1. The van der Waals surface area contributed by atoms with Crippen LogP contribution in [0.25, 0.3) is 10.9 Å². The maximum Gasteiger partial charge on any atom is 0.227 e. The summed E-state index contributed by atoms with van der Waals surface area (Å²) in [7, 11) is 0. The topological polar surface area (TPSA) is 113 Å². The van der Waals surface area contributed by atoms with E-state index >= 15 is 0 Å². The second kappa shape index (κ2) is 7.36. The first-order chi connectivity index (χ1) is 15.2. The van der Waals surface area contributed by atoms with Crippen LogP contribution in [0.4, 0.5) is 11.8 Å². The summed E-state index contributed by atoms with van der Waals surface area (Å²) in [5.41, 5.74) is 2.82. The number of rotatable bonds is 5. The summed E-state index contributed by atoms with van der Waals surface area (Å²) in [4.78, 5) is 12.6. The molecule has 0 radical (unpaired) electrons. The number of aliphatic hydroxyl groups excluding tert-OH is 1. The minimum absolute atomic E-state index is 0.0662. The normalized spacial score (nSPS) is 22.6. The van der Waals surface area contributed by atoms with E-state index in [4.69, 9.17) is 9.97 Å². The van der Waals surface area contributed by atoms with E-state index in [-0.39, 0.29) is 12.1 Å². The fourth-order valence-electron chi connectivity index (χ4n) is 4.78. The Morgan fingerprint density at radius 1 is 1.23 bits per heavy atom. The van der Waals surface area contributed by atoms with E-state index in [1.165, 1.54) is 5.39 Å². The molecule has 2 fully saturated rings. The molecular weight excluding hydrogens is 412 g/mol. The lowest BCUT2D eigenvalue weighted by atomic mass is 9.92. The van der Waals surface area contributed by atoms with Gasteiger partial charge in [-0.2, -0.15) is 10.1 Å². The summed E-state index contributed by atoms with van der Waals surface area (Å²) in [6, 6.07) is 8.29. The first kappa shape index (κ1) is 19.3. The van der Waals surface area contributed by atoms with E-state index in [0.29, 0.717) is 29.9 Å². The van der Waals surface area contributed by atoms with Gasteiger partial charge in [-0.05, 0) is 42.9 Å². The number of nitrogens with zero attached hydrogens (tertiary/aromatic N) is 4. The van der Waals surface area contributed by atoms with Crippen LogP contribution in [0.1, 0.15) is 43.0 Å². The first-order valence-electron chi connectivity index (χ1n) is 11.0. The highest BCUT2D eigenvalue weighted by molar-refractivity contribution is 7.91. The van der Waals surface area contributed by atoms with Crippen LogP contribution in [-0.2, 0) is 17.6 Å². The second-order valence-electron chi connectivity index (χ2n) is 8.93. The van der Waals surface area contributed by atoms with Crippen molar-refractivity contribution < 1.29 is 9.66 Å². The molecule has 3 aliphatic rings. The Morgan fingerprint density at radius 3 is 2.81 bits per heavy atom. The van der Waals surface area contributed by atoms with Gasteiger partial charge in [0.25, 0.3) is 0 Å². The molecule has 6 rings (SSSR count). The number of aromatic amines is 1. The molecule has 1 atom stereocenters. The molecule has 1 saturated carbocycles. The van der Waals surface area contributed by atoms with Crippen molar-refractivity contribution in [2.45, 2.75) is 48.5 Å². The fraction of sp³-hybridized carbons (Fsp3) is 0.500. The predicted molar refractivity (Wildman–Crippen MR) is 120 cm³/mol. The summed E-state index contributed by atoms with van der Waals surface area (Å²) in [6.45, 7) is 1.79. The van der Waals surface area contributed by atoms with Gasteiger partial charge in [-0.1, -0.05) is 18.2 Å². The van der Waals surface area contributed by atoms with Crippen molar-refractivity contribution in [1.29, 1.82) is 0 Å². The number of aryl methyl sites for hydroxylation is 1. The molecule has 3 aromatic rings. The van der Waals surface area contributed by atoms with E-state index in [1.807, 2.05) is 6.07 Å². The lowest BCUT2D eigenvalue weighted by Crippen LogP contribution is -2.35. The van der Waals surface area contributed by atoms with Crippen LogP contribution in [0.5, 0.6) is 0 Å². The summed E-state index contributed by atoms with van der Waals surface area (Å²) in [5.74, 6) is 2.38. The molecule has 3 N–H and O–H groups in total. The van der Waals surface area contributed by atoms with Crippen molar-refractivity contribution in [3.8, 4) is 0 Å². The van der Waals surface area contributed by atoms with E-state index in [9.17, 15) is 9.66 Å². The Morgan fingerprint density at radius 2 is 2.03 bits per heavy atom. The SMILES string of the molecule is [O-][S+]1CCc2nc(N3CCC(c4n[nH]c5ccccc45)CC3)nc(NC3(CO)CC3)c21. The number of aromatic nitrogens is 4. The molecule has 1 saturated heterocycles. The number of H-pyrrole nitrogens is 1. The largest absolute Gasteiger partial charge is 0.611 e. The van der Waals surface area contributed by atoms with Gasteiger partial charge in [0.15, 0.2) is 5.82 Å². The molecule has 0 bridgehead atoms. The molecule has 1 aliphatic carbocycles. The Balaban J connectivity index is 1.24. The van der Waals surface area contributed by atoms with Crippen LogP contribution in [-0.4, -0.2) is 60.8 Å². The maximum atomic E-state index is 12.6. The van der Waals surface area contributed by atoms with Gasteiger partial charge in [0, 0.05) is 30.8 Å². The molecule has 31 heavy (non-hydrogen) atoms. The molecular formula is C22H26N6O2S. The highest BCUT2D eigenvalue weighted by Crippen LogP contribution is 2.42. The van der Waals surface area contributed by atoms with Gasteiger partial charge in [-0.15, -0.1) is 0 Å². The number of nitrogens with one attached hydrogen (secondary N) is 2. The van der Waals surface area contributed by atoms with Crippen LogP contribution in [0, 0.1) is 0 Å². The maximum absolute atomic E-state index is 12.6. The van der Waals surface area contributed by atoms with Gasteiger partial charge < -0.3 is 19.9 Å². The van der Waals surface area contributed by atoms with Crippen LogP contribution < -0.4 is 10.2 Å². The van der Waals surface area contributed by atoms with E-state index in [2.05, 4.69) is 38.6 Å². The van der Waals surface area contributed by atoms with Crippen molar-refractivity contribution in [1.82, 2.24) is 20.2 Å². The molecule has 4 heterocycles. The van der Waals surface area contributed by atoms with Gasteiger partial charge in [-0.3, -0.25) is 5.10 Å². The van der Waals surface area contributed by atoms with Crippen molar-refractivity contribution in [2.75, 3.05) is 35.7 Å². The number of aliphatic hydroxyl groups is 1. The monoisotopic (exact) mass is 438 g/mol. The van der Waals surface area contributed by atoms with Crippen LogP contribution in [0.2, 0.25) is 0 Å². The Hall–Kier alpha value is -2.36. The van der Waals surface area contributed by atoms with Crippen molar-refractivity contribution in [3.63, 3.8) is 0 Å². The van der Waals surface area contributed by atoms with E-state index < -0.39 is 11.2 Å². The number of hydrogen-bond donors (Lipinski definition) is 3. The van der Waals surface area contributed by atoms with Crippen LogP contribution in [0.15, 0.2) is 29.2 Å². The molecule has 9 heteroatoms. The zero-order chi connectivity index (χ0) is 21.0. The van der Waals surface area contributed by atoms with Crippen LogP contribution in [0.3, 0.4) is 0 Å². The van der Waals surface area contributed by atoms with Gasteiger partial charge in [0.05, 0.1) is 23.4 Å². The number of fused-ring (bicyclic) bond motifs is 2. The number of piperidine rings is 1. The van der Waals surface area contributed by atoms with Crippen molar-refractivity contribution >= 4 is 33.8 Å². The zero-order valence-corrected chi connectivity index (χ0v) is 18.1. The van der Waals surface area contributed by atoms with Crippen LogP contribution >= 0.6 is 0 Å². The summed E-state index contributed by atoms with van der Waals surface area (Å²) < 4.78 is 12.6. The average Bonchev–Trinajstić information content (AvgIpc) is 3.28. The van der Waals surface area contributed by atoms with Gasteiger partial charge in [0.1, 0.15) is 11.4 Å². The third-order valence-corrected chi connectivity index (χ3v) is 8.34. The van der Waals surface area contributed by atoms with E-state index in [1.54, 1.807) is 0 Å². The lowest BCUT2D eigenvalue weighted by molar-refractivity contribution is 0.265. The quantitative estimate of drug-likeness (QED) is 0.524. The van der Waals surface area contributed by atoms with Gasteiger partial charge in [0.2, 0.25) is 10.8 Å². The van der Waals surface area contributed by atoms with Gasteiger partial charge in [-0.25, -0.2) is 4.98 Å². The van der Waals surface area contributed by atoms with Crippen molar-refractivity contribution in [3.05, 3.63) is 35.7 Å². The predicted octanol–water partition coefficient (Wildman–Crippen LogP) is 2.34. The third kappa shape index (κ3) is 3.35. The highest BCUT2D eigenvalue weighted by atomic mass is 32.2. The van der Waals surface area contributed by atoms with E-state index in [0.717, 1.165) is 60.6 Å². The molecule has 0 amide bonds. The zero-order valence-electron chi connectivity index (χ0n) is 17.3. The molecule has 8 nitrogen and oxygen atoms in total. The molecule has 2 aromatic heterocycles. The number of para-hydroxylation sites is 1. The van der Waals surface area contributed by atoms with Gasteiger partial charge >= 0.3 is 0 Å². The minimum Gasteiger partial charge on any atom is -0.611 e. The first-order valence-corrected chi connectivity index (χ1v) is 12.3. The fourth-order valence-corrected chi connectivity index (χ4v) is 6.09. The standard InChI is InChI=1S/C22H26N6O2S/c29-13-22(8-9-22)25-20-19-17(7-12-31(19)30)23-21(24-20)28-10-5-14(6-11-28)18-15-3-1-2-4-16(15)26-27-18/h1-4,14,29H,5-13H2,(H,26,27)(H,23,24,25). The number of benzene rings is 1. The van der Waals surface area contributed by atoms with Crippen molar-refractivity contribution in [2.24, 2.45) is 0 Å². The second-order valence-corrected chi connectivity index (χ2v) is 10.4. The Bertz CT molecular complexity index is 1120. The highest BCUT2D eigenvalue weighted by Gasteiger charge is 2.45. The molecule has 1 unspecified atom stereocenters. The molecule has 1 aromatic carbocycles. The number of hydrogen-bond acceptors (Lipinski definition) is 7. The molecule has 0 spiro atoms.